The second kappa shape index (κ2) is 6.64. The van der Waals surface area contributed by atoms with Crippen molar-refractivity contribution in [3.63, 3.8) is 0 Å². The van der Waals surface area contributed by atoms with Crippen LogP contribution in [0.5, 0.6) is 0 Å². The highest BCUT2D eigenvalue weighted by Gasteiger charge is 2.23. The Morgan fingerprint density at radius 3 is 2.71 bits per heavy atom. The van der Waals surface area contributed by atoms with Crippen LogP contribution in [0.15, 0.2) is 18.2 Å². The molecule has 21 heavy (non-hydrogen) atoms. The Morgan fingerprint density at radius 1 is 1.43 bits per heavy atom. The largest absolute Gasteiger partial charge is 0.324 e. The minimum absolute atomic E-state index is 0.0163. The van der Waals surface area contributed by atoms with Crippen molar-refractivity contribution in [1.29, 1.82) is 0 Å². The zero-order valence-corrected chi connectivity index (χ0v) is 12.3. The number of hydrogen-bond acceptors (Lipinski definition) is 5. The minimum atomic E-state index is -0.440. The number of aryl methyl sites for hydroxylation is 1. The number of nitro groups is 1. The predicted octanol–water partition coefficient (Wildman–Crippen LogP) is 1.14. The summed E-state index contributed by atoms with van der Waals surface area (Å²) in [7, 11) is 0. The summed E-state index contributed by atoms with van der Waals surface area (Å²) in [6, 6.07) is 4.47. The van der Waals surface area contributed by atoms with Gasteiger partial charge in [0, 0.05) is 43.5 Å². The molecule has 1 aliphatic heterocycles. The number of anilines is 1. The Kier molecular flexibility index (Phi) is 4.87. The van der Waals surface area contributed by atoms with Gasteiger partial charge in [-0.05, 0) is 19.9 Å². The maximum absolute atomic E-state index is 12.2. The molecule has 0 saturated carbocycles. The van der Waals surface area contributed by atoms with Crippen molar-refractivity contribution in [3.8, 4) is 0 Å². The van der Waals surface area contributed by atoms with E-state index < -0.39 is 4.92 Å². The molecule has 1 heterocycles. The van der Waals surface area contributed by atoms with E-state index in [1.165, 1.54) is 6.07 Å². The van der Waals surface area contributed by atoms with Crippen molar-refractivity contribution in [2.75, 3.05) is 31.5 Å². The smallest absolute Gasteiger partial charge is 0.274 e. The van der Waals surface area contributed by atoms with Gasteiger partial charge in [0.2, 0.25) is 5.91 Å². The number of rotatable bonds is 4. The van der Waals surface area contributed by atoms with Gasteiger partial charge in [0.1, 0.15) is 0 Å². The van der Waals surface area contributed by atoms with E-state index in [-0.39, 0.29) is 17.6 Å². The third kappa shape index (κ3) is 3.77. The van der Waals surface area contributed by atoms with Gasteiger partial charge in [-0.1, -0.05) is 6.07 Å². The lowest BCUT2D eigenvalue weighted by Gasteiger charge is -2.31. The van der Waals surface area contributed by atoms with Gasteiger partial charge < -0.3 is 10.6 Å². The number of nitrogens with one attached hydrogen (secondary N) is 2. The maximum atomic E-state index is 12.2. The molecule has 7 nitrogen and oxygen atoms in total. The highest BCUT2D eigenvalue weighted by atomic mass is 16.6. The summed E-state index contributed by atoms with van der Waals surface area (Å²) in [6.07, 6.45) is 0. The fourth-order valence-corrected chi connectivity index (χ4v) is 2.37. The van der Waals surface area contributed by atoms with Gasteiger partial charge in [0.15, 0.2) is 0 Å². The second-order valence-corrected chi connectivity index (χ2v) is 5.21. The van der Waals surface area contributed by atoms with E-state index >= 15 is 0 Å². The summed E-state index contributed by atoms with van der Waals surface area (Å²) < 4.78 is 0. The lowest BCUT2D eigenvalue weighted by molar-refractivity contribution is -0.385. The van der Waals surface area contributed by atoms with Gasteiger partial charge in [-0.25, -0.2) is 0 Å². The van der Waals surface area contributed by atoms with Crippen LogP contribution in [-0.2, 0) is 4.79 Å². The fourth-order valence-electron chi connectivity index (χ4n) is 2.37. The molecule has 7 heteroatoms. The molecule has 1 amide bonds. The molecule has 1 aromatic carbocycles. The number of hydrogen-bond donors (Lipinski definition) is 2. The maximum Gasteiger partial charge on any atom is 0.274 e. The summed E-state index contributed by atoms with van der Waals surface area (Å²) in [6.45, 7) is 6.91. The molecule has 0 radical (unpaired) electrons. The summed E-state index contributed by atoms with van der Waals surface area (Å²) in [5.74, 6) is -0.143. The molecule has 114 valence electrons. The van der Waals surface area contributed by atoms with E-state index in [2.05, 4.69) is 15.5 Å². The van der Waals surface area contributed by atoms with Gasteiger partial charge in [-0.2, -0.15) is 0 Å². The summed E-state index contributed by atoms with van der Waals surface area (Å²) in [5.41, 5.74) is 1.05. The first-order chi connectivity index (χ1) is 9.99. The lowest BCUT2D eigenvalue weighted by atomic mass is 10.1. The highest BCUT2D eigenvalue weighted by Crippen LogP contribution is 2.22. The number of benzene rings is 1. The fraction of sp³-hybridized carbons (Fsp3) is 0.500. The summed E-state index contributed by atoms with van der Waals surface area (Å²) in [4.78, 5) is 24.8. The average Bonchev–Trinajstić information content (AvgIpc) is 2.49. The molecule has 0 aromatic heterocycles. The van der Waals surface area contributed by atoms with E-state index in [4.69, 9.17) is 0 Å². The van der Waals surface area contributed by atoms with E-state index in [0.717, 1.165) is 26.2 Å². The zero-order chi connectivity index (χ0) is 15.4. The number of nitrogens with zero attached hydrogens (tertiary/aromatic N) is 2. The SMILES string of the molecule is Cc1ccc(NC(=O)C(C)N2CCNCC2)cc1[N+](=O)[O-]. The number of carbonyl (C=O) groups is 1. The highest BCUT2D eigenvalue weighted by molar-refractivity contribution is 5.94. The normalized spacial score (nSPS) is 17.2. The first kappa shape index (κ1) is 15.4. The third-order valence-electron chi connectivity index (χ3n) is 3.75. The third-order valence-corrected chi connectivity index (χ3v) is 3.75. The first-order valence-electron chi connectivity index (χ1n) is 6.99. The Labute approximate surface area is 123 Å². The molecule has 1 saturated heterocycles. The molecule has 1 fully saturated rings. The molecule has 0 aliphatic carbocycles. The van der Waals surface area contributed by atoms with Crippen LogP contribution in [0.1, 0.15) is 12.5 Å². The Bertz CT molecular complexity index is 541. The van der Waals surface area contributed by atoms with E-state index in [9.17, 15) is 14.9 Å². The number of piperazine rings is 1. The lowest BCUT2D eigenvalue weighted by Crippen LogP contribution is -2.51. The van der Waals surface area contributed by atoms with Crippen LogP contribution in [0.3, 0.4) is 0 Å². The van der Waals surface area contributed by atoms with E-state index in [1.54, 1.807) is 19.1 Å². The molecule has 1 unspecified atom stereocenters. The number of amides is 1. The quantitative estimate of drug-likeness (QED) is 0.642. The van der Waals surface area contributed by atoms with Crippen molar-refractivity contribution in [1.82, 2.24) is 10.2 Å². The van der Waals surface area contributed by atoms with Crippen LogP contribution >= 0.6 is 0 Å². The molecule has 0 spiro atoms. The molecule has 2 rings (SSSR count). The van der Waals surface area contributed by atoms with Crippen LogP contribution in [0, 0.1) is 17.0 Å². The molecule has 1 atom stereocenters. The number of nitro benzene ring substituents is 1. The van der Waals surface area contributed by atoms with Crippen LogP contribution in [0.25, 0.3) is 0 Å². The topological polar surface area (TPSA) is 87.5 Å². The Balaban J connectivity index is 2.05. The van der Waals surface area contributed by atoms with Crippen LogP contribution in [0.4, 0.5) is 11.4 Å². The van der Waals surface area contributed by atoms with E-state index in [1.807, 2.05) is 6.92 Å². The Morgan fingerprint density at radius 2 is 2.10 bits per heavy atom. The zero-order valence-electron chi connectivity index (χ0n) is 12.3. The van der Waals surface area contributed by atoms with Crippen LogP contribution < -0.4 is 10.6 Å². The van der Waals surface area contributed by atoms with Crippen molar-refractivity contribution in [2.24, 2.45) is 0 Å². The minimum Gasteiger partial charge on any atom is -0.324 e. The predicted molar refractivity (Wildman–Crippen MR) is 80.4 cm³/mol. The molecule has 1 aliphatic rings. The first-order valence-corrected chi connectivity index (χ1v) is 6.99. The molecular formula is C14H20N4O3. The molecule has 0 bridgehead atoms. The van der Waals surface area contributed by atoms with Gasteiger partial charge in [-0.3, -0.25) is 19.8 Å². The second-order valence-electron chi connectivity index (χ2n) is 5.21. The molecular weight excluding hydrogens is 272 g/mol. The van der Waals surface area contributed by atoms with Crippen LogP contribution in [0.2, 0.25) is 0 Å². The van der Waals surface area contributed by atoms with Gasteiger partial charge >= 0.3 is 0 Å². The number of carbonyl (C=O) groups excluding carboxylic acids is 1. The van der Waals surface area contributed by atoms with E-state index in [0.29, 0.717) is 11.3 Å². The average molecular weight is 292 g/mol. The van der Waals surface area contributed by atoms with Gasteiger partial charge in [0.25, 0.3) is 5.69 Å². The monoisotopic (exact) mass is 292 g/mol. The van der Waals surface area contributed by atoms with Gasteiger partial charge in [0.05, 0.1) is 11.0 Å². The summed E-state index contributed by atoms with van der Waals surface area (Å²) in [5, 5.41) is 16.9. The van der Waals surface area contributed by atoms with Crippen molar-refractivity contribution < 1.29 is 9.72 Å². The van der Waals surface area contributed by atoms with Gasteiger partial charge in [-0.15, -0.1) is 0 Å². The molecule has 2 N–H and O–H groups in total. The molecule has 1 aromatic rings. The Hall–Kier alpha value is -1.99. The summed E-state index contributed by atoms with van der Waals surface area (Å²) >= 11 is 0. The van der Waals surface area contributed by atoms with Crippen molar-refractivity contribution >= 4 is 17.3 Å². The standard InChI is InChI=1S/C14H20N4O3/c1-10-3-4-12(9-13(10)18(20)21)16-14(19)11(2)17-7-5-15-6-8-17/h3-4,9,11,15H,5-8H2,1-2H3,(H,16,19). The van der Waals surface area contributed by atoms with Crippen molar-refractivity contribution in [3.05, 3.63) is 33.9 Å². The van der Waals surface area contributed by atoms with Crippen molar-refractivity contribution in [2.45, 2.75) is 19.9 Å². The van der Waals surface area contributed by atoms with Crippen LogP contribution in [-0.4, -0.2) is 48.0 Å².